The molecule has 2 rings (SSSR count). The van der Waals surface area contributed by atoms with Crippen molar-refractivity contribution < 1.29 is 13.2 Å². The molecule has 0 radical (unpaired) electrons. The van der Waals surface area contributed by atoms with Crippen molar-refractivity contribution in [2.45, 2.75) is 4.90 Å². The summed E-state index contributed by atoms with van der Waals surface area (Å²) in [6, 6.07) is 11.5. The molecule has 0 heterocycles. The number of benzene rings is 2. The molecule has 0 N–H and O–H groups in total. The van der Waals surface area contributed by atoms with Crippen molar-refractivity contribution in [3.8, 4) is 5.75 Å². The van der Waals surface area contributed by atoms with Crippen LogP contribution in [0.25, 0.3) is 0 Å². The summed E-state index contributed by atoms with van der Waals surface area (Å²) < 4.78 is 31.5. The number of sulfonamides is 1. The fourth-order valence-electron chi connectivity index (χ4n) is 1.80. The van der Waals surface area contributed by atoms with Crippen LogP contribution in [0.4, 0.5) is 5.69 Å². The lowest BCUT2D eigenvalue weighted by molar-refractivity contribution is 0.414. The molecule has 21 heavy (non-hydrogen) atoms. The average Bonchev–Trinajstić information content (AvgIpc) is 2.49. The zero-order valence-electron chi connectivity index (χ0n) is 11.4. The highest BCUT2D eigenvalue weighted by Crippen LogP contribution is 2.38. The quantitative estimate of drug-likeness (QED) is 0.845. The van der Waals surface area contributed by atoms with Crippen molar-refractivity contribution in [1.29, 1.82) is 0 Å². The summed E-state index contributed by atoms with van der Waals surface area (Å²) in [5.74, 6) is 0.322. The van der Waals surface area contributed by atoms with E-state index in [2.05, 4.69) is 0 Å². The number of methoxy groups -OCH3 is 1. The van der Waals surface area contributed by atoms with Gasteiger partial charge in [0.15, 0.2) is 0 Å². The maximum atomic E-state index is 12.6. The SMILES string of the molecule is COc1ccc(S(=O)(=O)N(C)c2ccccc2)c(Cl)c1Cl. The van der Waals surface area contributed by atoms with E-state index < -0.39 is 10.0 Å². The fourth-order valence-corrected chi connectivity index (χ4v) is 3.80. The normalized spacial score (nSPS) is 11.2. The summed E-state index contributed by atoms with van der Waals surface area (Å²) in [6.07, 6.45) is 0. The van der Waals surface area contributed by atoms with E-state index in [-0.39, 0.29) is 14.9 Å². The maximum Gasteiger partial charge on any atom is 0.265 e. The lowest BCUT2D eigenvalue weighted by Gasteiger charge is -2.20. The molecule has 0 fully saturated rings. The summed E-state index contributed by atoms with van der Waals surface area (Å²) in [7, 11) is -0.919. The monoisotopic (exact) mass is 345 g/mol. The number of para-hydroxylation sites is 1. The van der Waals surface area contributed by atoms with E-state index in [0.29, 0.717) is 11.4 Å². The van der Waals surface area contributed by atoms with Gasteiger partial charge in [-0.15, -0.1) is 0 Å². The van der Waals surface area contributed by atoms with E-state index in [1.54, 1.807) is 30.3 Å². The molecule has 7 heteroatoms. The molecule has 0 aromatic heterocycles. The molecule has 0 aliphatic carbocycles. The maximum absolute atomic E-state index is 12.6. The topological polar surface area (TPSA) is 46.6 Å². The highest BCUT2D eigenvalue weighted by molar-refractivity contribution is 7.93. The third-order valence-corrected chi connectivity index (χ3v) is 5.79. The summed E-state index contributed by atoms with van der Waals surface area (Å²) >= 11 is 12.1. The lowest BCUT2D eigenvalue weighted by atomic mass is 10.3. The van der Waals surface area contributed by atoms with Crippen LogP contribution in [0, 0.1) is 0 Å². The Kier molecular flexibility index (Phi) is 4.66. The molecular weight excluding hydrogens is 333 g/mol. The number of ether oxygens (including phenoxy) is 1. The van der Waals surface area contributed by atoms with Gasteiger partial charge >= 0.3 is 0 Å². The Morgan fingerprint density at radius 2 is 1.62 bits per heavy atom. The number of nitrogens with zero attached hydrogens (tertiary/aromatic N) is 1. The Hall–Kier alpha value is -1.43. The number of hydrogen-bond donors (Lipinski definition) is 0. The van der Waals surface area contributed by atoms with Crippen LogP contribution in [-0.4, -0.2) is 22.6 Å². The average molecular weight is 346 g/mol. The summed E-state index contributed by atoms with van der Waals surface area (Å²) in [5.41, 5.74) is 0.528. The van der Waals surface area contributed by atoms with Crippen LogP contribution in [0.5, 0.6) is 5.75 Å². The van der Waals surface area contributed by atoms with Crippen molar-refractivity contribution in [2.75, 3.05) is 18.5 Å². The van der Waals surface area contributed by atoms with E-state index in [9.17, 15) is 8.42 Å². The van der Waals surface area contributed by atoms with Crippen LogP contribution in [-0.2, 0) is 10.0 Å². The first-order valence-electron chi connectivity index (χ1n) is 5.95. The van der Waals surface area contributed by atoms with Gasteiger partial charge in [0.25, 0.3) is 10.0 Å². The molecule has 2 aromatic carbocycles. The van der Waals surface area contributed by atoms with Crippen LogP contribution >= 0.6 is 23.2 Å². The Balaban J connectivity index is 2.53. The van der Waals surface area contributed by atoms with E-state index in [0.717, 1.165) is 4.31 Å². The van der Waals surface area contributed by atoms with Gasteiger partial charge in [0.2, 0.25) is 0 Å². The molecule has 0 aliphatic rings. The molecule has 0 saturated carbocycles. The highest BCUT2D eigenvalue weighted by Gasteiger charge is 2.26. The van der Waals surface area contributed by atoms with Crippen molar-refractivity contribution in [2.24, 2.45) is 0 Å². The van der Waals surface area contributed by atoms with Crippen LogP contribution < -0.4 is 9.04 Å². The molecule has 4 nitrogen and oxygen atoms in total. The van der Waals surface area contributed by atoms with Gasteiger partial charge in [-0.25, -0.2) is 8.42 Å². The smallest absolute Gasteiger partial charge is 0.265 e. The first-order valence-corrected chi connectivity index (χ1v) is 8.15. The molecule has 0 unspecified atom stereocenters. The second kappa shape index (κ2) is 6.13. The standard InChI is InChI=1S/C14H13Cl2NO3S/c1-17(10-6-4-3-5-7-10)21(18,19)12-9-8-11(20-2)13(15)14(12)16/h3-9H,1-2H3. The fraction of sp³-hybridized carbons (Fsp3) is 0.143. The number of halogens is 2. The lowest BCUT2D eigenvalue weighted by Crippen LogP contribution is -2.26. The van der Waals surface area contributed by atoms with Gasteiger partial charge in [-0.2, -0.15) is 0 Å². The Bertz CT molecular complexity index is 748. The van der Waals surface area contributed by atoms with Gasteiger partial charge < -0.3 is 4.74 Å². The second-order valence-electron chi connectivity index (χ2n) is 4.20. The molecule has 0 atom stereocenters. The van der Waals surface area contributed by atoms with E-state index in [1.807, 2.05) is 0 Å². The van der Waals surface area contributed by atoms with Gasteiger partial charge in [0, 0.05) is 7.05 Å². The molecule has 0 bridgehead atoms. The van der Waals surface area contributed by atoms with Gasteiger partial charge in [-0.3, -0.25) is 4.31 Å². The minimum absolute atomic E-state index is 0.0567. The van der Waals surface area contributed by atoms with Crippen LogP contribution in [0.3, 0.4) is 0 Å². The zero-order valence-corrected chi connectivity index (χ0v) is 13.7. The molecule has 0 aliphatic heterocycles. The van der Waals surface area contributed by atoms with Crippen molar-refractivity contribution in [3.63, 3.8) is 0 Å². The first kappa shape index (κ1) is 15.9. The predicted octanol–water partition coefficient (Wildman–Crippen LogP) is 3.83. The van der Waals surface area contributed by atoms with Crippen molar-refractivity contribution in [3.05, 3.63) is 52.5 Å². The molecular formula is C14H13Cl2NO3S. The Morgan fingerprint density at radius 1 is 1.00 bits per heavy atom. The van der Waals surface area contributed by atoms with Gasteiger partial charge in [0.1, 0.15) is 15.7 Å². The molecule has 0 saturated heterocycles. The third kappa shape index (κ3) is 2.95. The minimum Gasteiger partial charge on any atom is -0.495 e. The molecule has 2 aromatic rings. The summed E-state index contributed by atoms with van der Waals surface area (Å²) in [6.45, 7) is 0. The highest BCUT2D eigenvalue weighted by atomic mass is 35.5. The van der Waals surface area contributed by atoms with Gasteiger partial charge in [-0.05, 0) is 24.3 Å². The Labute approximate surface area is 133 Å². The second-order valence-corrected chi connectivity index (χ2v) is 6.90. The van der Waals surface area contributed by atoms with E-state index >= 15 is 0 Å². The van der Waals surface area contributed by atoms with Crippen molar-refractivity contribution >= 4 is 38.9 Å². The minimum atomic E-state index is -3.81. The Morgan fingerprint density at radius 3 is 2.19 bits per heavy atom. The third-order valence-electron chi connectivity index (χ3n) is 2.99. The molecule has 0 spiro atoms. The van der Waals surface area contributed by atoms with Crippen LogP contribution in [0.2, 0.25) is 10.0 Å². The van der Waals surface area contributed by atoms with E-state index in [4.69, 9.17) is 27.9 Å². The van der Waals surface area contributed by atoms with Crippen LogP contribution in [0.15, 0.2) is 47.4 Å². The molecule has 0 amide bonds. The largest absolute Gasteiger partial charge is 0.495 e. The summed E-state index contributed by atoms with van der Waals surface area (Å²) in [5, 5.41) is 0.0144. The van der Waals surface area contributed by atoms with Crippen LogP contribution in [0.1, 0.15) is 0 Å². The van der Waals surface area contributed by atoms with Crippen molar-refractivity contribution in [1.82, 2.24) is 0 Å². The van der Waals surface area contributed by atoms with Gasteiger partial charge in [0.05, 0.1) is 17.8 Å². The predicted molar refractivity (Wildman–Crippen MR) is 85.0 cm³/mol. The zero-order chi connectivity index (χ0) is 15.6. The number of anilines is 1. The number of rotatable bonds is 4. The van der Waals surface area contributed by atoms with Gasteiger partial charge in [-0.1, -0.05) is 41.4 Å². The van der Waals surface area contributed by atoms with E-state index in [1.165, 1.54) is 26.3 Å². The number of hydrogen-bond acceptors (Lipinski definition) is 3. The summed E-state index contributed by atoms with van der Waals surface area (Å²) in [4.78, 5) is -0.0682. The first-order chi connectivity index (χ1) is 9.89. The molecule has 112 valence electrons.